The summed E-state index contributed by atoms with van der Waals surface area (Å²) in [4.78, 5) is 18.1. The zero-order valence-corrected chi connectivity index (χ0v) is 20.0. The summed E-state index contributed by atoms with van der Waals surface area (Å²) in [7, 11) is 0. The van der Waals surface area contributed by atoms with Gasteiger partial charge in [-0.3, -0.25) is 4.79 Å². The molecule has 0 fully saturated rings. The van der Waals surface area contributed by atoms with Gasteiger partial charge in [0.1, 0.15) is 0 Å². The molecule has 174 valence electrons. The molecule has 5 heteroatoms. The Kier molecular flexibility index (Phi) is 6.40. The Bertz CT molecular complexity index is 1470. The average Bonchev–Trinajstić information content (AvgIpc) is 3.29. The number of benzene rings is 3. The molecule has 1 N–H and O–H groups in total. The molecule has 5 rings (SSSR count). The van der Waals surface area contributed by atoms with Crippen molar-refractivity contribution >= 4 is 16.8 Å². The van der Waals surface area contributed by atoms with Gasteiger partial charge in [-0.15, -0.1) is 0 Å². The van der Waals surface area contributed by atoms with E-state index in [1.54, 1.807) is 0 Å². The number of pyridine rings is 1. The van der Waals surface area contributed by atoms with Crippen LogP contribution in [0, 0.1) is 6.92 Å². The number of carbonyl (C=O) groups excluding carboxylic acids is 1. The third-order valence-corrected chi connectivity index (χ3v) is 6.38. The van der Waals surface area contributed by atoms with Crippen molar-refractivity contribution in [3.63, 3.8) is 0 Å². The van der Waals surface area contributed by atoms with Gasteiger partial charge >= 0.3 is 0 Å². The predicted molar refractivity (Wildman–Crippen MR) is 141 cm³/mol. The number of fused-ring (bicyclic) bond motifs is 1. The highest BCUT2D eigenvalue weighted by molar-refractivity contribution is 6.07. The molecule has 0 spiro atoms. The fraction of sp³-hybridized carbons (Fsp3) is 0.167. The van der Waals surface area contributed by atoms with Gasteiger partial charge in [0.2, 0.25) is 0 Å². The SMILES string of the molecule is CCc1ccc(-n2ncc(-c3cc(C(=O)NCCc4ccccc4)c4ccccc4n3)c2C)cc1. The van der Waals surface area contributed by atoms with Crippen molar-refractivity contribution in [3.8, 4) is 16.9 Å². The lowest BCUT2D eigenvalue weighted by Crippen LogP contribution is -2.26. The van der Waals surface area contributed by atoms with Crippen LogP contribution >= 0.6 is 0 Å². The Morgan fingerprint density at radius 2 is 1.66 bits per heavy atom. The first-order valence-electron chi connectivity index (χ1n) is 12.0. The third kappa shape index (κ3) is 4.71. The third-order valence-electron chi connectivity index (χ3n) is 6.38. The Labute approximate surface area is 205 Å². The first-order chi connectivity index (χ1) is 17.1. The van der Waals surface area contributed by atoms with Gasteiger partial charge < -0.3 is 5.32 Å². The quantitative estimate of drug-likeness (QED) is 0.327. The first-order valence-corrected chi connectivity index (χ1v) is 12.0. The van der Waals surface area contributed by atoms with Crippen molar-refractivity contribution in [2.75, 3.05) is 6.54 Å². The molecule has 5 nitrogen and oxygen atoms in total. The summed E-state index contributed by atoms with van der Waals surface area (Å²) >= 11 is 0. The second kappa shape index (κ2) is 9.94. The Hall–Kier alpha value is -4.25. The second-order valence-electron chi connectivity index (χ2n) is 8.64. The lowest BCUT2D eigenvalue weighted by atomic mass is 10.0. The molecule has 35 heavy (non-hydrogen) atoms. The standard InChI is InChI=1S/C30H28N4O/c1-3-22-13-15-24(16-14-22)34-21(2)27(20-32-34)29-19-26(25-11-7-8-12-28(25)33-29)30(35)31-18-17-23-9-5-4-6-10-23/h4-16,19-20H,3,17-18H2,1-2H3,(H,31,35). The van der Waals surface area contributed by atoms with E-state index in [0.29, 0.717) is 12.1 Å². The fourth-order valence-electron chi connectivity index (χ4n) is 4.36. The van der Waals surface area contributed by atoms with Crippen LogP contribution < -0.4 is 5.32 Å². The number of nitrogens with zero attached hydrogens (tertiary/aromatic N) is 3. The first kappa shape index (κ1) is 22.5. The molecule has 0 radical (unpaired) electrons. The number of rotatable bonds is 7. The van der Waals surface area contributed by atoms with Crippen LogP contribution in [0.3, 0.4) is 0 Å². The lowest BCUT2D eigenvalue weighted by Gasteiger charge is -2.11. The van der Waals surface area contributed by atoms with Crippen molar-refractivity contribution in [3.05, 3.63) is 114 Å². The number of nitrogens with one attached hydrogen (secondary N) is 1. The number of amides is 1. The Morgan fingerprint density at radius 3 is 2.43 bits per heavy atom. The number of aromatic nitrogens is 3. The minimum Gasteiger partial charge on any atom is -0.352 e. The van der Waals surface area contributed by atoms with Crippen LogP contribution in [0.5, 0.6) is 0 Å². The molecule has 2 aromatic heterocycles. The molecule has 5 aromatic rings. The number of hydrogen-bond donors (Lipinski definition) is 1. The van der Waals surface area contributed by atoms with Crippen LogP contribution in [-0.2, 0) is 12.8 Å². The highest BCUT2D eigenvalue weighted by atomic mass is 16.1. The van der Waals surface area contributed by atoms with Crippen LogP contribution in [-0.4, -0.2) is 27.2 Å². The topological polar surface area (TPSA) is 59.8 Å². The van der Waals surface area contributed by atoms with Gasteiger partial charge in [-0.25, -0.2) is 9.67 Å². The minimum absolute atomic E-state index is 0.0963. The lowest BCUT2D eigenvalue weighted by molar-refractivity contribution is 0.0955. The van der Waals surface area contributed by atoms with Gasteiger partial charge in [-0.1, -0.05) is 67.6 Å². The van der Waals surface area contributed by atoms with E-state index in [-0.39, 0.29) is 5.91 Å². The second-order valence-corrected chi connectivity index (χ2v) is 8.64. The molecular formula is C30H28N4O. The molecule has 0 atom stereocenters. The molecular weight excluding hydrogens is 432 g/mol. The zero-order valence-electron chi connectivity index (χ0n) is 20.0. The number of aryl methyl sites for hydroxylation is 1. The van der Waals surface area contributed by atoms with E-state index in [0.717, 1.165) is 46.4 Å². The average molecular weight is 461 g/mol. The highest BCUT2D eigenvalue weighted by Crippen LogP contribution is 2.28. The van der Waals surface area contributed by atoms with Gasteiger partial charge in [-0.05, 0) is 55.2 Å². The number of para-hydroxylation sites is 1. The molecule has 0 saturated heterocycles. The molecule has 0 aliphatic rings. The zero-order chi connectivity index (χ0) is 24.2. The van der Waals surface area contributed by atoms with Gasteiger partial charge in [-0.2, -0.15) is 5.10 Å². The van der Waals surface area contributed by atoms with Crippen LogP contribution in [0.15, 0.2) is 91.1 Å². The minimum atomic E-state index is -0.0963. The monoisotopic (exact) mass is 460 g/mol. The smallest absolute Gasteiger partial charge is 0.252 e. The molecule has 0 aliphatic carbocycles. The molecule has 0 bridgehead atoms. The summed E-state index contributed by atoms with van der Waals surface area (Å²) < 4.78 is 1.92. The fourth-order valence-corrected chi connectivity index (χ4v) is 4.36. The van der Waals surface area contributed by atoms with Crippen LogP contribution in [0.4, 0.5) is 0 Å². The maximum atomic E-state index is 13.2. The van der Waals surface area contributed by atoms with Gasteiger partial charge in [0.05, 0.1) is 34.4 Å². The van der Waals surface area contributed by atoms with Gasteiger partial charge in [0.25, 0.3) is 5.91 Å². The maximum absolute atomic E-state index is 13.2. The van der Waals surface area contributed by atoms with E-state index in [2.05, 4.69) is 53.7 Å². The molecule has 3 aromatic carbocycles. The summed E-state index contributed by atoms with van der Waals surface area (Å²) in [6, 6.07) is 28.3. The molecule has 0 saturated carbocycles. The molecule has 2 heterocycles. The Balaban J connectivity index is 1.46. The predicted octanol–water partition coefficient (Wildman–Crippen LogP) is 5.93. The molecule has 1 amide bonds. The summed E-state index contributed by atoms with van der Waals surface area (Å²) in [5.74, 6) is -0.0963. The van der Waals surface area contributed by atoms with Crippen molar-refractivity contribution in [2.45, 2.75) is 26.7 Å². The van der Waals surface area contributed by atoms with Crippen LogP contribution in [0.2, 0.25) is 0 Å². The summed E-state index contributed by atoms with van der Waals surface area (Å²) in [5, 5.41) is 8.56. The summed E-state index contributed by atoms with van der Waals surface area (Å²) in [5.41, 5.74) is 7.54. The molecule has 0 aliphatic heterocycles. The molecule has 0 unspecified atom stereocenters. The normalized spacial score (nSPS) is 11.0. The van der Waals surface area contributed by atoms with Crippen molar-refractivity contribution in [1.29, 1.82) is 0 Å². The highest BCUT2D eigenvalue weighted by Gasteiger charge is 2.17. The summed E-state index contributed by atoms with van der Waals surface area (Å²) in [6.45, 7) is 4.75. The summed E-state index contributed by atoms with van der Waals surface area (Å²) in [6.07, 6.45) is 3.61. The van der Waals surface area contributed by atoms with Gasteiger partial charge in [0.15, 0.2) is 0 Å². The van der Waals surface area contributed by atoms with Crippen molar-refractivity contribution < 1.29 is 4.79 Å². The van der Waals surface area contributed by atoms with Crippen LogP contribution in [0.1, 0.15) is 34.1 Å². The van der Waals surface area contributed by atoms with Gasteiger partial charge in [0, 0.05) is 17.5 Å². The number of hydrogen-bond acceptors (Lipinski definition) is 3. The van der Waals surface area contributed by atoms with E-state index >= 15 is 0 Å². The number of carbonyl (C=O) groups is 1. The van der Waals surface area contributed by atoms with E-state index in [1.165, 1.54) is 11.1 Å². The van der Waals surface area contributed by atoms with Crippen molar-refractivity contribution in [2.24, 2.45) is 0 Å². The van der Waals surface area contributed by atoms with E-state index in [9.17, 15) is 4.79 Å². The van der Waals surface area contributed by atoms with E-state index < -0.39 is 0 Å². The van der Waals surface area contributed by atoms with Crippen LogP contribution in [0.25, 0.3) is 27.8 Å². The van der Waals surface area contributed by atoms with E-state index in [1.807, 2.05) is 66.3 Å². The van der Waals surface area contributed by atoms with Crippen molar-refractivity contribution in [1.82, 2.24) is 20.1 Å². The largest absolute Gasteiger partial charge is 0.352 e. The Morgan fingerprint density at radius 1 is 0.914 bits per heavy atom. The van der Waals surface area contributed by atoms with E-state index in [4.69, 9.17) is 4.98 Å². The maximum Gasteiger partial charge on any atom is 0.252 e.